The Morgan fingerprint density at radius 1 is 1.73 bits per heavy atom. The number of aliphatic hydroxyl groups is 1. The van der Waals surface area contributed by atoms with Crippen LogP contribution in [0.5, 0.6) is 0 Å². The summed E-state index contributed by atoms with van der Waals surface area (Å²) < 4.78 is 4.92. The maximum atomic E-state index is 9.02. The van der Waals surface area contributed by atoms with Gasteiger partial charge in [-0.05, 0) is 12.1 Å². The van der Waals surface area contributed by atoms with Gasteiger partial charge in [-0.15, -0.1) is 0 Å². The number of nitriles is 1. The highest BCUT2D eigenvalue weighted by molar-refractivity contribution is 5.46. The molecule has 0 spiro atoms. The van der Waals surface area contributed by atoms with Crippen molar-refractivity contribution in [2.24, 2.45) is 0 Å². The maximum absolute atomic E-state index is 9.02. The minimum atomic E-state index is -0.177. The zero-order valence-corrected chi connectivity index (χ0v) is 8.47. The van der Waals surface area contributed by atoms with Crippen LogP contribution in [0.15, 0.2) is 18.3 Å². The highest BCUT2D eigenvalue weighted by Gasteiger charge is 2.06. The van der Waals surface area contributed by atoms with Crippen molar-refractivity contribution in [3.8, 4) is 6.07 Å². The number of hydrogen-bond acceptors (Lipinski definition) is 5. The molecule has 0 fully saturated rings. The van der Waals surface area contributed by atoms with Crippen LogP contribution in [0.4, 0.5) is 5.69 Å². The number of nitrogens with one attached hydrogen (secondary N) is 1. The van der Waals surface area contributed by atoms with Gasteiger partial charge in [0.1, 0.15) is 11.8 Å². The zero-order valence-electron chi connectivity index (χ0n) is 8.47. The second-order valence-corrected chi connectivity index (χ2v) is 3.02. The molecule has 1 aromatic rings. The van der Waals surface area contributed by atoms with Gasteiger partial charge < -0.3 is 15.2 Å². The molecule has 2 N–H and O–H groups in total. The van der Waals surface area contributed by atoms with E-state index in [1.807, 2.05) is 6.07 Å². The van der Waals surface area contributed by atoms with Crippen molar-refractivity contribution >= 4 is 5.69 Å². The molecular formula is C10H13N3O2. The van der Waals surface area contributed by atoms with E-state index in [4.69, 9.17) is 15.1 Å². The first-order valence-corrected chi connectivity index (χ1v) is 4.52. The van der Waals surface area contributed by atoms with Crippen LogP contribution < -0.4 is 5.32 Å². The second kappa shape index (κ2) is 5.96. The summed E-state index contributed by atoms with van der Waals surface area (Å²) in [6.07, 6.45) is 1.54. The summed E-state index contributed by atoms with van der Waals surface area (Å²) in [6.45, 7) is 0.374. The van der Waals surface area contributed by atoms with E-state index >= 15 is 0 Å². The molecule has 0 aliphatic rings. The summed E-state index contributed by atoms with van der Waals surface area (Å²) in [7, 11) is 1.57. The van der Waals surface area contributed by atoms with Crippen molar-refractivity contribution in [1.29, 1.82) is 5.26 Å². The van der Waals surface area contributed by atoms with Crippen molar-refractivity contribution < 1.29 is 9.84 Å². The Balaban J connectivity index is 2.66. The summed E-state index contributed by atoms with van der Waals surface area (Å²) in [5, 5.41) is 20.7. The molecule has 5 nitrogen and oxygen atoms in total. The van der Waals surface area contributed by atoms with Gasteiger partial charge in [-0.2, -0.15) is 5.26 Å². The normalized spacial score (nSPS) is 11.8. The van der Waals surface area contributed by atoms with Crippen molar-refractivity contribution in [3.63, 3.8) is 0 Å². The van der Waals surface area contributed by atoms with Crippen molar-refractivity contribution in [2.75, 3.05) is 25.6 Å². The van der Waals surface area contributed by atoms with Gasteiger partial charge in [0.2, 0.25) is 0 Å². The minimum Gasteiger partial charge on any atom is -0.394 e. The topological polar surface area (TPSA) is 78.2 Å². The SMILES string of the molecule is COCC(CO)Nc1ccnc(C#N)c1. The van der Waals surface area contributed by atoms with Gasteiger partial charge in [0, 0.05) is 19.0 Å². The highest BCUT2D eigenvalue weighted by Crippen LogP contribution is 2.08. The molecule has 1 unspecified atom stereocenters. The van der Waals surface area contributed by atoms with Crippen LogP contribution >= 0.6 is 0 Å². The van der Waals surface area contributed by atoms with E-state index in [1.165, 1.54) is 0 Å². The summed E-state index contributed by atoms with van der Waals surface area (Å²) in [5.74, 6) is 0. The Labute approximate surface area is 88.3 Å². The first kappa shape index (κ1) is 11.4. The van der Waals surface area contributed by atoms with Crippen molar-refractivity contribution in [2.45, 2.75) is 6.04 Å². The van der Waals surface area contributed by atoms with Gasteiger partial charge in [-0.1, -0.05) is 0 Å². The van der Waals surface area contributed by atoms with Crippen LogP contribution in [0.25, 0.3) is 0 Å². The Morgan fingerprint density at radius 3 is 3.13 bits per heavy atom. The Bertz CT molecular complexity index is 349. The number of rotatable bonds is 5. The highest BCUT2D eigenvalue weighted by atomic mass is 16.5. The standard InChI is InChI=1S/C10H13N3O2/c1-15-7-10(6-14)13-8-2-3-12-9(4-8)5-11/h2-4,10,14H,6-7H2,1H3,(H,12,13). The second-order valence-electron chi connectivity index (χ2n) is 3.02. The molecular weight excluding hydrogens is 194 g/mol. The minimum absolute atomic E-state index is 0.0297. The van der Waals surface area contributed by atoms with Gasteiger partial charge in [0.15, 0.2) is 0 Å². The smallest absolute Gasteiger partial charge is 0.142 e. The van der Waals surface area contributed by atoms with Crippen LogP contribution in [-0.2, 0) is 4.74 Å². The van der Waals surface area contributed by atoms with Crippen LogP contribution in [-0.4, -0.2) is 36.5 Å². The lowest BCUT2D eigenvalue weighted by Gasteiger charge is -2.16. The van der Waals surface area contributed by atoms with E-state index in [0.717, 1.165) is 5.69 Å². The van der Waals surface area contributed by atoms with Crippen molar-refractivity contribution in [1.82, 2.24) is 4.98 Å². The molecule has 0 saturated heterocycles. The molecule has 1 rings (SSSR count). The molecule has 0 amide bonds. The van der Waals surface area contributed by atoms with E-state index in [0.29, 0.717) is 12.3 Å². The lowest BCUT2D eigenvalue weighted by molar-refractivity contribution is 0.153. The number of ether oxygens (including phenoxy) is 1. The third-order valence-electron chi connectivity index (χ3n) is 1.83. The Kier molecular flexibility index (Phi) is 4.54. The molecule has 80 valence electrons. The number of anilines is 1. The molecule has 0 aromatic carbocycles. The number of hydrogen-bond donors (Lipinski definition) is 2. The van der Waals surface area contributed by atoms with E-state index in [2.05, 4.69) is 10.3 Å². The number of methoxy groups -OCH3 is 1. The zero-order chi connectivity index (χ0) is 11.1. The first-order chi connectivity index (χ1) is 7.30. The fourth-order valence-corrected chi connectivity index (χ4v) is 1.16. The average Bonchev–Trinajstić information content (AvgIpc) is 2.29. The summed E-state index contributed by atoms with van der Waals surface area (Å²) in [5.41, 5.74) is 1.09. The number of aliphatic hydroxyl groups excluding tert-OH is 1. The molecule has 1 heterocycles. The van der Waals surface area contributed by atoms with Crippen LogP contribution in [0, 0.1) is 11.3 Å². The van der Waals surface area contributed by atoms with Crippen LogP contribution in [0.3, 0.4) is 0 Å². The van der Waals surface area contributed by atoms with Crippen LogP contribution in [0.1, 0.15) is 5.69 Å². The lowest BCUT2D eigenvalue weighted by atomic mass is 10.2. The molecule has 1 atom stereocenters. The van der Waals surface area contributed by atoms with Gasteiger partial charge >= 0.3 is 0 Å². The van der Waals surface area contributed by atoms with Crippen molar-refractivity contribution in [3.05, 3.63) is 24.0 Å². The average molecular weight is 207 g/mol. The fourth-order valence-electron chi connectivity index (χ4n) is 1.16. The molecule has 15 heavy (non-hydrogen) atoms. The fraction of sp³-hybridized carbons (Fsp3) is 0.400. The molecule has 5 heteroatoms. The largest absolute Gasteiger partial charge is 0.394 e. The van der Waals surface area contributed by atoms with Gasteiger partial charge in [-0.25, -0.2) is 4.98 Å². The Hall–Kier alpha value is -1.64. The first-order valence-electron chi connectivity index (χ1n) is 4.52. The summed E-state index contributed by atoms with van der Waals surface area (Å²) in [4.78, 5) is 3.84. The van der Waals surface area contributed by atoms with Crippen LogP contribution in [0.2, 0.25) is 0 Å². The van der Waals surface area contributed by atoms with Gasteiger partial charge in [0.25, 0.3) is 0 Å². The number of pyridine rings is 1. The molecule has 0 bridgehead atoms. The third kappa shape index (κ3) is 3.54. The quantitative estimate of drug-likeness (QED) is 0.729. The van der Waals surface area contributed by atoms with E-state index in [-0.39, 0.29) is 12.6 Å². The van der Waals surface area contributed by atoms with Gasteiger partial charge in [0.05, 0.1) is 19.3 Å². The molecule has 0 radical (unpaired) electrons. The van der Waals surface area contributed by atoms with E-state index < -0.39 is 0 Å². The lowest BCUT2D eigenvalue weighted by Crippen LogP contribution is -2.28. The van der Waals surface area contributed by atoms with Gasteiger partial charge in [-0.3, -0.25) is 0 Å². The summed E-state index contributed by atoms with van der Waals surface area (Å²) >= 11 is 0. The molecule has 0 saturated carbocycles. The van der Waals surface area contributed by atoms with E-state index in [1.54, 1.807) is 25.4 Å². The monoisotopic (exact) mass is 207 g/mol. The number of aromatic nitrogens is 1. The molecule has 1 aromatic heterocycles. The summed E-state index contributed by atoms with van der Waals surface area (Å²) in [6, 6.07) is 5.13. The third-order valence-corrected chi connectivity index (χ3v) is 1.83. The molecule has 0 aliphatic heterocycles. The maximum Gasteiger partial charge on any atom is 0.142 e. The Morgan fingerprint density at radius 2 is 2.53 bits per heavy atom. The molecule has 0 aliphatic carbocycles. The predicted octanol–water partition coefficient (Wildman–Crippen LogP) is 0.372. The number of nitrogens with zero attached hydrogens (tertiary/aromatic N) is 2. The predicted molar refractivity (Wildman–Crippen MR) is 55.3 cm³/mol. The van der Waals surface area contributed by atoms with E-state index in [9.17, 15) is 0 Å².